The lowest BCUT2D eigenvalue weighted by Crippen LogP contribution is -2.36. The van der Waals surface area contributed by atoms with E-state index < -0.39 is 0 Å². The second kappa shape index (κ2) is 6.53. The van der Waals surface area contributed by atoms with Gasteiger partial charge >= 0.3 is 0 Å². The van der Waals surface area contributed by atoms with Crippen LogP contribution < -0.4 is 4.90 Å². The maximum absolute atomic E-state index is 6.31. The van der Waals surface area contributed by atoms with E-state index in [-0.39, 0.29) is 0 Å². The lowest BCUT2D eigenvalue weighted by atomic mass is 10.1. The third-order valence-electron chi connectivity index (χ3n) is 3.97. The Labute approximate surface area is 140 Å². The van der Waals surface area contributed by atoms with Crippen LogP contribution in [0.4, 0.5) is 5.69 Å². The number of fused-ring (bicyclic) bond motifs is 1. The predicted molar refractivity (Wildman–Crippen MR) is 93.2 cm³/mol. The summed E-state index contributed by atoms with van der Waals surface area (Å²) in [5, 5.41) is 2.14. The number of halogens is 2. The fourth-order valence-electron chi connectivity index (χ4n) is 2.67. The number of benzene rings is 1. The van der Waals surface area contributed by atoms with E-state index in [0.29, 0.717) is 15.6 Å². The Balaban J connectivity index is 2.21. The number of rotatable bonds is 3. The Morgan fingerprint density at radius 3 is 2.68 bits per heavy atom. The molecule has 1 saturated heterocycles. The van der Waals surface area contributed by atoms with Crippen molar-refractivity contribution in [2.75, 3.05) is 31.2 Å². The van der Waals surface area contributed by atoms with Gasteiger partial charge in [-0.3, -0.25) is 0 Å². The van der Waals surface area contributed by atoms with Crippen molar-refractivity contribution in [3.63, 3.8) is 0 Å². The van der Waals surface area contributed by atoms with E-state index in [1.165, 1.54) is 5.57 Å². The van der Waals surface area contributed by atoms with E-state index in [2.05, 4.69) is 24.8 Å². The van der Waals surface area contributed by atoms with Crippen molar-refractivity contribution in [2.45, 2.75) is 20.3 Å². The number of furan rings is 1. The number of morpholine rings is 1. The largest absolute Gasteiger partial charge is 0.453 e. The molecule has 1 aliphatic rings. The topological polar surface area (TPSA) is 25.6 Å². The minimum Gasteiger partial charge on any atom is -0.453 e. The lowest BCUT2D eigenvalue weighted by Gasteiger charge is -2.28. The minimum atomic E-state index is 0.547. The van der Waals surface area contributed by atoms with Crippen LogP contribution >= 0.6 is 23.2 Å². The number of hydrogen-bond acceptors (Lipinski definition) is 3. The fraction of sp³-hybridized carbons (Fsp3) is 0.412. The molecule has 3 rings (SSSR count). The molecular formula is C17H19Cl2NO2. The molecule has 3 nitrogen and oxygen atoms in total. The molecule has 0 bridgehead atoms. The number of ether oxygens (including phenoxy) is 1. The lowest BCUT2D eigenvalue weighted by molar-refractivity contribution is 0.122. The van der Waals surface area contributed by atoms with Gasteiger partial charge in [-0.05, 0) is 31.6 Å². The molecule has 0 aliphatic carbocycles. The first kappa shape index (κ1) is 15.7. The Hall–Kier alpha value is -1.16. The van der Waals surface area contributed by atoms with Gasteiger partial charge in [-0.15, -0.1) is 0 Å². The van der Waals surface area contributed by atoms with Gasteiger partial charge in [0.25, 0.3) is 0 Å². The predicted octanol–water partition coefficient (Wildman–Crippen LogP) is 5.39. The zero-order chi connectivity index (χ0) is 15.7. The van der Waals surface area contributed by atoms with Gasteiger partial charge in [-0.2, -0.15) is 0 Å². The van der Waals surface area contributed by atoms with Gasteiger partial charge in [-0.1, -0.05) is 35.7 Å². The van der Waals surface area contributed by atoms with Gasteiger partial charge in [0.1, 0.15) is 0 Å². The normalized spacial score (nSPS) is 16.5. The molecule has 0 N–H and O–H groups in total. The Kier molecular flexibility index (Phi) is 4.67. The molecule has 0 spiro atoms. The summed E-state index contributed by atoms with van der Waals surface area (Å²) in [7, 11) is 0. The summed E-state index contributed by atoms with van der Waals surface area (Å²) in [6, 6.07) is 3.65. The van der Waals surface area contributed by atoms with Crippen LogP contribution in [0.1, 0.15) is 26.0 Å². The quantitative estimate of drug-likeness (QED) is 0.749. The molecule has 0 saturated carbocycles. The highest BCUT2D eigenvalue weighted by molar-refractivity contribution is 6.38. The molecule has 0 amide bonds. The van der Waals surface area contributed by atoms with E-state index in [1.807, 2.05) is 6.07 Å². The standard InChI is InChI=1S/C17H19Cl2NO2/c1-3-11(2)8-15-16(20-4-6-21-7-5-20)13-9-12(18)10-14(19)17(13)22-15/h8-10H,3-7H2,1-2H3/b11-8-. The van der Waals surface area contributed by atoms with E-state index in [1.54, 1.807) is 6.07 Å². The molecule has 2 heterocycles. The summed E-state index contributed by atoms with van der Waals surface area (Å²) in [6.07, 6.45) is 3.07. The zero-order valence-corrected chi connectivity index (χ0v) is 14.3. The van der Waals surface area contributed by atoms with Gasteiger partial charge in [0.2, 0.25) is 0 Å². The smallest absolute Gasteiger partial charge is 0.155 e. The molecule has 1 aromatic heterocycles. The van der Waals surface area contributed by atoms with Gasteiger partial charge in [0, 0.05) is 23.5 Å². The molecule has 1 aliphatic heterocycles. The number of nitrogens with zero attached hydrogens (tertiary/aromatic N) is 1. The van der Waals surface area contributed by atoms with E-state index in [4.69, 9.17) is 32.4 Å². The monoisotopic (exact) mass is 339 g/mol. The van der Waals surface area contributed by atoms with Gasteiger partial charge in [-0.25, -0.2) is 0 Å². The van der Waals surface area contributed by atoms with Crippen molar-refractivity contribution in [1.29, 1.82) is 0 Å². The van der Waals surface area contributed by atoms with Crippen LogP contribution in [0.15, 0.2) is 22.1 Å². The van der Waals surface area contributed by atoms with Crippen LogP contribution in [-0.4, -0.2) is 26.3 Å². The Morgan fingerprint density at radius 1 is 1.27 bits per heavy atom. The van der Waals surface area contributed by atoms with Gasteiger partial charge in [0.05, 0.1) is 23.9 Å². The first-order valence-corrected chi connectivity index (χ1v) is 8.27. The molecule has 0 unspecified atom stereocenters. The van der Waals surface area contributed by atoms with Crippen molar-refractivity contribution in [3.8, 4) is 0 Å². The van der Waals surface area contributed by atoms with Crippen molar-refractivity contribution < 1.29 is 9.15 Å². The first-order chi connectivity index (χ1) is 10.6. The molecule has 0 radical (unpaired) electrons. The Morgan fingerprint density at radius 2 is 2.00 bits per heavy atom. The zero-order valence-electron chi connectivity index (χ0n) is 12.8. The third kappa shape index (κ3) is 2.98. The van der Waals surface area contributed by atoms with Crippen LogP contribution in [0.3, 0.4) is 0 Å². The van der Waals surface area contributed by atoms with E-state index >= 15 is 0 Å². The third-order valence-corrected chi connectivity index (χ3v) is 4.47. The van der Waals surface area contributed by atoms with E-state index in [9.17, 15) is 0 Å². The summed E-state index contributed by atoms with van der Waals surface area (Å²) in [4.78, 5) is 2.29. The highest BCUT2D eigenvalue weighted by Gasteiger charge is 2.22. The SMILES string of the molecule is CC/C(C)=C\c1oc2c(Cl)cc(Cl)cc2c1N1CCOCC1. The van der Waals surface area contributed by atoms with E-state index in [0.717, 1.165) is 49.6 Å². The first-order valence-electron chi connectivity index (χ1n) is 7.51. The van der Waals surface area contributed by atoms with Gasteiger partial charge < -0.3 is 14.1 Å². The van der Waals surface area contributed by atoms with Gasteiger partial charge in [0.15, 0.2) is 11.3 Å². The molecule has 1 fully saturated rings. The number of allylic oxidation sites excluding steroid dienone is 1. The molecular weight excluding hydrogens is 321 g/mol. The molecule has 1 aromatic carbocycles. The van der Waals surface area contributed by atoms with Crippen LogP contribution in [0.5, 0.6) is 0 Å². The Bertz CT molecular complexity index is 715. The summed E-state index contributed by atoms with van der Waals surface area (Å²) in [5.41, 5.74) is 3.02. The number of anilines is 1. The summed E-state index contributed by atoms with van der Waals surface area (Å²) < 4.78 is 11.5. The van der Waals surface area contributed by atoms with Crippen LogP contribution in [0.2, 0.25) is 10.0 Å². The van der Waals surface area contributed by atoms with Crippen molar-refractivity contribution in [1.82, 2.24) is 0 Å². The molecule has 5 heteroatoms. The van der Waals surface area contributed by atoms with Crippen molar-refractivity contribution >= 4 is 45.9 Å². The van der Waals surface area contributed by atoms with Crippen molar-refractivity contribution in [3.05, 3.63) is 33.5 Å². The molecule has 2 aromatic rings. The summed E-state index contributed by atoms with van der Waals surface area (Å²) in [6.45, 7) is 7.35. The molecule has 0 atom stereocenters. The second-order valence-corrected chi connectivity index (χ2v) is 6.37. The minimum absolute atomic E-state index is 0.547. The maximum Gasteiger partial charge on any atom is 0.155 e. The second-order valence-electron chi connectivity index (χ2n) is 5.52. The highest BCUT2D eigenvalue weighted by Crippen LogP contribution is 2.40. The number of hydrogen-bond donors (Lipinski definition) is 0. The van der Waals surface area contributed by atoms with Crippen LogP contribution in [0.25, 0.3) is 17.0 Å². The molecule has 118 valence electrons. The summed E-state index contributed by atoms with van der Waals surface area (Å²) >= 11 is 12.5. The fourth-order valence-corrected chi connectivity index (χ4v) is 3.20. The average Bonchev–Trinajstić information content (AvgIpc) is 2.86. The molecule has 22 heavy (non-hydrogen) atoms. The van der Waals surface area contributed by atoms with Crippen LogP contribution in [-0.2, 0) is 4.74 Å². The summed E-state index contributed by atoms with van der Waals surface area (Å²) in [5.74, 6) is 0.848. The maximum atomic E-state index is 6.31. The average molecular weight is 340 g/mol. The highest BCUT2D eigenvalue weighted by atomic mass is 35.5. The van der Waals surface area contributed by atoms with Crippen molar-refractivity contribution in [2.24, 2.45) is 0 Å². The van der Waals surface area contributed by atoms with Crippen LogP contribution in [0, 0.1) is 0 Å².